The third-order valence-corrected chi connectivity index (χ3v) is 3.31. The lowest BCUT2D eigenvalue weighted by Gasteiger charge is -2.10. The molecule has 0 saturated carbocycles. The van der Waals surface area contributed by atoms with E-state index >= 15 is 0 Å². The van der Waals surface area contributed by atoms with Gasteiger partial charge >= 0.3 is 11.9 Å². The lowest BCUT2D eigenvalue weighted by atomic mass is 10.1. The number of hydrogen-bond donors (Lipinski definition) is 1. The summed E-state index contributed by atoms with van der Waals surface area (Å²) in [5, 5.41) is 2.76. The Morgan fingerprint density at radius 3 is 2.58 bits per heavy atom. The fraction of sp³-hybridized carbons (Fsp3) is 0.500. The lowest BCUT2D eigenvalue weighted by molar-refractivity contribution is -0.140. The standard InChI is InChI=1S/C10H14N2O6S/c1-12-5-6(9(11-12)10(14)18-3)7(19(15)16)4-8(13)17-2/h5,7H,4H2,1-3H3,(H,15,16). The van der Waals surface area contributed by atoms with Gasteiger partial charge in [0.25, 0.3) is 0 Å². The summed E-state index contributed by atoms with van der Waals surface area (Å²) in [6.07, 6.45) is 1.06. The number of esters is 2. The molecule has 8 nitrogen and oxygen atoms in total. The molecule has 0 saturated heterocycles. The Labute approximate surface area is 112 Å². The van der Waals surface area contributed by atoms with Gasteiger partial charge in [-0.05, 0) is 0 Å². The van der Waals surface area contributed by atoms with Crippen LogP contribution in [0.2, 0.25) is 0 Å². The first-order valence-corrected chi connectivity index (χ1v) is 6.36. The molecule has 0 fully saturated rings. The number of carbonyl (C=O) groups excluding carboxylic acids is 2. The van der Waals surface area contributed by atoms with E-state index in [-0.39, 0.29) is 17.7 Å². The van der Waals surface area contributed by atoms with Gasteiger partial charge in [0.15, 0.2) is 16.8 Å². The van der Waals surface area contributed by atoms with Gasteiger partial charge in [0.1, 0.15) is 0 Å². The molecule has 19 heavy (non-hydrogen) atoms. The van der Waals surface area contributed by atoms with Crippen LogP contribution in [-0.4, -0.2) is 44.7 Å². The predicted molar refractivity (Wildman–Crippen MR) is 64.7 cm³/mol. The summed E-state index contributed by atoms with van der Waals surface area (Å²) < 4.78 is 30.9. The van der Waals surface area contributed by atoms with E-state index in [1.54, 1.807) is 7.05 Å². The summed E-state index contributed by atoms with van der Waals surface area (Å²) in [6, 6.07) is 0. The summed E-state index contributed by atoms with van der Waals surface area (Å²) in [6.45, 7) is 0. The molecule has 0 aliphatic heterocycles. The zero-order valence-electron chi connectivity index (χ0n) is 10.7. The molecule has 106 valence electrons. The molecule has 0 amide bonds. The van der Waals surface area contributed by atoms with Crippen LogP contribution in [0.4, 0.5) is 0 Å². The number of methoxy groups -OCH3 is 2. The zero-order valence-corrected chi connectivity index (χ0v) is 11.5. The van der Waals surface area contributed by atoms with E-state index < -0.39 is 28.3 Å². The van der Waals surface area contributed by atoms with Crippen molar-refractivity contribution in [2.75, 3.05) is 14.2 Å². The van der Waals surface area contributed by atoms with Crippen LogP contribution in [-0.2, 0) is 32.4 Å². The molecule has 1 N–H and O–H groups in total. The number of aryl methyl sites for hydroxylation is 1. The second-order valence-electron chi connectivity index (χ2n) is 3.64. The molecule has 0 radical (unpaired) electrons. The molecule has 1 heterocycles. The molecule has 0 aliphatic rings. The Bertz CT molecular complexity index is 512. The molecule has 0 spiro atoms. The van der Waals surface area contributed by atoms with Gasteiger partial charge in [0.2, 0.25) is 0 Å². The van der Waals surface area contributed by atoms with Gasteiger partial charge in [-0.3, -0.25) is 9.48 Å². The molecule has 1 rings (SSSR count). The molecule has 1 aromatic heterocycles. The third kappa shape index (κ3) is 3.61. The summed E-state index contributed by atoms with van der Waals surface area (Å²) in [5.74, 6) is -1.40. The van der Waals surface area contributed by atoms with Crippen LogP contribution < -0.4 is 0 Å². The quantitative estimate of drug-likeness (QED) is 0.602. The first-order valence-electron chi connectivity index (χ1n) is 5.19. The Morgan fingerprint density at radius 2 is 2.11 bits per heavy atom. The number of rotatable bonds is 5. The zero-order chi connectivity index (χ0) is 14.6. The Kier molecular flexibility index (Phi) is 5.19. The van der Waals surface area contributed by atoms with E-state index in [2.05, 4.69) is 14.6 Å². The molecule has 0 bridgehead atoms. The summed E-state index contributed by atoms with van der Waals surface area (Å²) in [5.41, 5.74) is 0.0712. The van der Waals surface area contributed by atoms with Crippen LogP contribution in [0.5, 0.6) is 0 Å². The third-order valence-electron chi connectivity index (χ3n) is 2.41. The molecule has 2 atom stereocenters. The average Bonchev–Trinajstić information content (AvgIpc) is 2.75. The Morgan fingerprint density at radius 1 is 1.47 bits per heavy atom. The van der Waals surface area contributed by atoms with Crippen molar-refractivity contribution in [3.8, 4) is 0 Å². The van der Waals surface area contributed by atoms with E-state index in [0.717, 1.165) is 0 Å². The second kappa shape index (κ2) is 6.43. The molecule has 2 unspecified atom stereocenters. The molecular formula is C10H14N2O6S. The van der Waals surface area contributed by atoms with E-state index in [9.17, 15) is 18.4 Å². The second-order valence-corrected chi connectivity index (χ2v) is 4.76. The number of carbonyl (C=O) groups is 2. The van der Waals surface area contributed by atoms with Crippen molar-refractivity contribution in [2.45, 2.75) is 11.7 Å². The predicted octanol–water partition coefficient (Wildman–Crippen LogP) is 0.0326. The minimum atomic E-state index is -2.35. The first kappa shape index (κ1) is 15.3. The maximum atomic E-state index is 11.5. The number of nitrogens with zero attached hydrogens (tertiary/aromatic N) is 2. The van der Waals surface area contributed by atoms with Gasteiger partial charge in [0.05, 0.1) is 25.9 Å². The Balaban J connectivity index is 3.19. The summed E-state index contributed by atoms with van der Waals surface area (Å²) in [4.78, 5) is 22.8. The fourth-order valence-electron chi connectivity index (χ4n) is 1.52. The minimum Gasteiger partial charge on any atom is -0.469 e. The van der Waals surface area contributed by atoms with Gasteiger partial charge in [-0.1, -0.05) is 0 Å². The van der Waals surface area contributed by atoms with Crippen molar-refractivity contribution in [1.82, 2.24) is 9.78 Å². The SMILES string of the molecule is COC(=O)CC(c1cn(C)nc1C(=O)OC)S(=O)O. The van der Waals surface area contributed by atoms with Crippen LogP contribution in [0.1, 0.15) is 27.7 Å². The minimum absolute atomic E-state index is 0.0960. The van der Waals surface area contributed by atoms with Gasteiger partial charge in [-0.2, -0.15) is 5.10 Å². The molecular weight excluding hydrogens is 276 g/mol. The highest BCUT2D eigenvalue weighted by molar-refractivity contribution is 7.79. The van der Waals surface area contributed by atoms with Crippen molar-refractivity contribution in [2.24, 2.45) is 7.05 Å². The van der Waals surface area contributed by atoms with Gasteiger partial charge in [-0.25, -0.2) is 9.00 Å². The van der Waals surface area contributed by atoms with Gasteiger partial charge in [-0.15, -0.1) is 0 Å². The van der Waals surface area contributed by atoms with E-state index in [4.69, 9.17) is 0 Å². The maximum absolute atomic E-state index is 11.5. The van der Waals surface area contributed by atoms with Crippen LogP contribution >= 0.6 is 0 Å². The van der Waals surface area contributed by atoms with E-state index in [1.807, 2.05) is 0 Å². The smallest absolute Gasteiger partial charge is 0.358 e. The monoisotopic (exact) mass is 290 g/mol. The number of ether oxygens (including phenoxy) is 2. The fourth-order valence-corrected chi connectivity index (χ4v) is 2.19. The van der Waals surface area contributed by atoms with Crippen molar-refractivity contribution in [3.05, 3.63) is 17.5 Å². The van der Waals surface area contributed by atoms with Crippen molar-refractivity contribution in [3.63, 3.8) is 0 Å². The highest BCUT2D eigenvalue weighted by atomic mass is 32.2. The molecule has 0 aliphatic carbocycles. The van der Waals surface area contributed by atoms with Crippen LogP contribution in [0.15, 0.2) is 6.20 Å². The van der Waals surface area contributed by atoms with Crippen molar-refractivity contribution < 1.29 is 27.8 Å². The van der Waals surface area contributed by atoms with Gasteiger partial charge < -0.3 is 14.0 Å². The van der Waals surface area contributed by atoms with Crippen LogP contribution in [0.25, 0.3) is 0 Å². The van der Waals surface area contributed by atoms with Crippen molar-refractivity contribution >= 4 is 23.0 Å². The maximum Gasteiger partial charge on any atom is 0.358 e. The average molecular weight is 290 g/mol. The largest absolute Gasteiger partial charge is 0.469 e. The highest BCUT2D eigenvalue weighted by Crippen LogP contribution is 2.26. The first-order chi connectivity index (χ1) is 8.90. The van der Waals surface area contributed by atoms with E-state index in [1.165, 1.54) is 25.1 Å². The van der Waals surface area contributed by atoms with E-state index in [0.29, 0.717) is 0 Å². The molecule has 1 aromatic rings. The number of hydrogen-bond acceptors (Lipinski definition) is 6. The highest BCUT2D eigenvalue weighted by Gasteiger charge is 2.29. The number of aromatic nitrogens is 2. The van der Waals surface area contributed by atoms with Gasteiger partial charge in [0, 0.05) is 18.8 Å². The van der Waals surface area contributed by atoms with Crippen LogP contribution in [0, 0.1) is 0 Å². The Hall–Kier alpha value is -1.74. The topological polar surface area (TPSA) is 108 Å². The normalized spacial score (nSPS) is 13.7. The molecule has 9 heteroatoms. The molecule has 0 aromatic carbocycles. The van der Waals surface area contributed by atoms with Crippen molar-refractivity contribution in [1.29, 1.82) is 0 Å². The summed E-state index contributed by atoms with van der Waals surface area (Å²) in [7, 11) is 3.89. The summed E-state index contributed by atoms with van der Waals surface area (Å²) >= 11 is -2.35. The van der Waals surface area contributed by atoms with Crippen LogP contribution in [0.3, 0.4) is 0 Å². The lowest BCUT2D eigenvalue weighted by Crippen LogP contribution is -2.16.